The molecule has 14 heavy (non-hydrogen) atoms. The molecule has 0 saturated heterocycles. The fraction of sp³-hybridized carbons (Fsp3) is 0.545. The average molecular weight is 193 g/mol. The Bertz CT molecular complexity index is 273. The van der Waals surface area contributed by atoms with E-state index >= 15 is 0 Å². The molecule has 0 bridgehead atoms. The van der Waals surface area contributed by atoms with Crippen LogP contribution >= 0.6 is 0 Å². The summed E-state index contributed by atoms with van der Waals surface area (Å²) in [6, 6.07) is 4.45. The summed E-state index contributed by atoms with van der Waals surface area (Å²) >= 11 is 0. The van der Waals surface area contributed by atoms with Crippen LogP contribution in [0.4, 0.5) is 5.82 Å². The van der Waals surface area contributed by atoms with E-state index in [1.807, 2.05) is 12.1 Å². The lowest BCUT2D eigenvalue weighted by Crippen LogP contribution is -2.28. The van der Waals surface area contributed by atoms with E-state index in [0.717, 1.165) is 13.0 Å². The van der Waals surface area contributed by atoms with Crippen LogP contribution in [0.5, 0.6) is 0 Å². The molecular weight excluding hydrogens is 174 g/mol. The Morgan fingerprint density at radius 1 is 1.57 bits per heavy atom. The molecule has 1 unspecified atom stereocenters. The van der Waals surface area contributed by atoms with Crippen molar-refractivity contribution < 1.29 is 0 Å². The summed E-state index contributed by atoms with van der Waals surface area (Å²) in [5.41, 5.74) is 6.85. The summed E-state index contributed by atoms with van der Waals surface area (Å²) in [5.74, 6) is 0.602. The highest BCUT2D eigenvalue weighted by Crippen LogP contribution is 2.05. The molecule has 78 valence electrons. The van der Waals surface area contributed by atoms with Crippen LogP contribution < -0.4 is 11.1 Å². The van der Waals surface area contributed by atoms with Crippen LogP contribution in [0.1, 0.15) is 25.8 Å². The van der Waals surface area contributed by atoms with E-state index in [4.69, 9.17) is 5.73 Å². The van der Waals surface area contributed by atoms with Crippen LogP contribution in [0.2, 0.25) is 0 Å². The zero-order valence-corrected chi connectivity index (χ0v) is 8.96. The van der Waals surface area contributed by atoms with Gasteiger partial charge in [-0.3, -0.25) is 0 Å². The molecule has 0 spiro atoms. The Morgan fingerprint density at radius 2 is 2.36 bits per heavy atom. The maximum Gasteiger partial charge on any atom is 0.123 e. The van der Waals surface area contributed by atoms with Crippen LogP contribution in [-0.2, 0) is 6.42 Å². The number of aromatic nitrogens is 1. The summed E-state index contributed by atoms with van der Waals surface area (Å²) in [7, 11) is 0. The van der Waals surface area contributed by atoms with Crippen molar-refractivity contribution in [2.45, 2.75) is 32.7 Å². The molecule has 0 aliphatic heterocycles. The normalized spacial score (nSPS) is 12.7. The van der Waals surface area contributed by atoms with Crippen LogP contribution in [-0.4, -0.2) is 17.6 Å². The van der Waals surface area contributed by atoms with Crippen LogP contribution in [0.3, 0.4) is 0 Å². The highest BCUT2D eigenvalue weighted by molar-refractivity contribution is 5.32. The smallest absolute Gasteiger partial charge is 0.123 e. The molecular formula is C11H19N3. The molecule has 0 radical (unpaired) electrons. The summed E-state index contributed by atoms with van der Waals surface area (Å²) in [6.07, 6.45) is 3.94. The van der Waals surface area contributed by atoms with Gasteiger partial charge in [-0.05, 0) is 44.0 Å². The zero-order valence-electron chi connectivity index (χ0n) is 8.96. The summed E-state index contributed by atoms with van der Waals surface area (Å²) in [4.78, 5) is 3.97. The standard InChI is InChI=1S/C11H19N3/c1-3-5-13-9(2)7-10-4-6-14-11(12)8-10/h4,6,8-9,13H,3,5,7H2,1-2H3,(H2,12,14). The van der Waals surface area contributed by atoms with E-state index in [9.17, 15) is 0 Å². The van der Waals surface area contributed by atoms with Crippen molar-refractivity contribution >= 4 is 5.82 Å². The highest BCUT2D eigenvalue weighted by Gasteiger charge is 2.02. The van der Waals surface area contributed by atoms with Gasteiger partial charge in [0.05, 0.1) is 0 Å². The number of anilines is 1. The number of nitrogens with one attached hydrogen (secondary N) is 1. The van der Waals surface area contributed by atoms with E-state index in [0.29, 0.717) is 11.9 Å². The molecule has 0 aliphatic rings. The van der Waals surface area contributed by atoms with E-state index in [-0.39, 0.29) is 0 Å². The maximum atomic E-state index is 5.60. The first-order valence-electron chi connectivity index (χ1n) is 5.16. The van der Waals surface area contributed by atoms with Gasteiger partial charge in [0.2, 0.25) is 0 Å². The van der Waals surface area contributed by atoms with Crippen LogP contribution in [0.25, 0.3) is 0 Å². The van der Waals surface area contributed by atoms with Gasteiger partial charge in [0.25, 0.3) is 0 Å². The lowest BCUT2D eigenvalue weighted by atomic mass is 10.1. The molecule has 3 heteroatoms. The minimum atomic E-state index is 0.497. The van der Waals surface area contributed by atoms with Crippen molar-refractivity contribution in [1.82, 2.24) is 10.3 Å². The first-order chi connectivity index (χ1) is 6.72. The fourth-order valence-corrected chi connectivity index (χ4v) is 1.44. The number of nitrogen functional groups attached to an aromatic ring is 1. The number of pyridine rings is 1. The minimum absolute atomic E-state index is 0.497. The lowest BCUT2D eigenvalue weighted by molar-refractivity contribution is 0.543. The molecule has 3 N–H and O–H groups in total. The molecule has 1 aromatic heterocycles. The van der Waals surface area contributed by atoms with Gasteiger partial charge >= 0.3 is 0 Å². The first kappa shape index (κ1) is 11.0. The Morgan fingerprint density at radius 3 is 3.00 bits per heavy atom. The van der Waals surface area contributed by atoms with Gasteiger partial charge < -0.3 is 11.1 Å². The molecule has 0 aliphatic carbocycles. The molecule has 1 rings (SSSR count). The summed E-state index contributed by atoms with van der Waals surface area (Å²) in [6.45, 7) is 5.43. The third kappa shape index (κ3) is 3.75. The quantitative estimate of drug-likeness (QED) is 0.746. The van der Waals surface area contributed by atoms with Crippen LogP contribution in [0.15, 0.2) is 18.3 Å². The Hall–Kier alpha value is -1.09. The molecule has 1 atom stereocenters. The van der Waals surface area contributed by atoms with E-state index in [1.165, 1.54) is 12.0 Å². The second-order valence-electron chi connectivity index (χ2n) is 3.65. The van der Waals surface area contributed by atoms with Crippen molar-refractivity contribution in [1.29, 1.82) is 0 Å². The summed E-state index contributed by atoms with van der Waals surface area (Å²) < 4.78 is 0. The van der Waals surface area contributed by atoms with Crippen molar-refractivity contribution in [3.8, 4) is 0 Å². The molecule has 0 saturated carbocycles. The van der Waals surface area contributed by atoms with Crippen molar-refractivity contribution in [3.05, 3.63) is 23.9 Å². The molecule has 0 amide bonds. The van der Waals surface area contributed by atoms with Crippen molar-refractivity contribution in [2.75, 3.05) is 12.3 Å². The predicted octanol–water partition coefficient (Wildman–Crippen LogP) is 1.59. The molecule has 1 heterocycles. The largest absolute Gasteiger partial charge is 0.384 e. The maximum absolute atomic E-state index is 5.60. The summed E-state index contributed by atoms with van der Waals surface area (Å²) in [5, 5.41) is 3.44. The molecule has 3 nitrogen and oxygen atoms in total. The number of nitrogens with two attached hydrogens (primary N) is 1. The van der Waals surface area contributed by atoms with Gasteiger partial charge in [0, 0.05) is 12.2 Å². The second kappa shape index (κ2) is 5.60. The predicted molar refractivity (Wildman–Crippen MR) is 60.1 cm³/mol. The topological polar surface area (TPSA) is 50.9 Å². The Labute approximate surface area is 85.7 Å². The van der Waals surface area contributed by atoms with Gasteiger partial charge in [0.1, 0.15) is 5.82 Å². The van der Waals surface area contributed by atoms with Gasteiger partial charge in [-0.15, -0.1) is 0 Å². The van der Waals surface area contributed by atoms with Gasteiger partial charge in [-0.2, -0.15) is 0 Å². The molecule has 1 aromatic rings. The molecule has 0 fully saturated rings. The number of rotatable bonds is 5. The fourth-order valence-electron chi connectivity index (χ4n) is 1.44. The third-order valence-electron chi connectivity index (χ3n) is 2.13. The zero-order chi connectivity index (χ0) is 10.4. The van der Waals surface area contributed by atoms with E-state index < -0.39 is 0 Å². The van der Waals surface area contributed by atoms with Crippen molar-refractivity contribution in [2.24, 2.45) is 0 Å². The third-order valence-corrected chi connectivity index (χ3v) is 2.13. The van der Waals surface area contributed by atoms with Crippen LogP contribution in [0, 0.1) is 0 Å². The SMILES string of the molecule is CCCNC(C)Cc1ccnc(N)c1. The van der Waals surface area contributed by atoms with E-state index in [1.54, 1.807) is 6.20 Å². The Balaban J connectivity index is 2.43. The number of hydrogen-bond donors (Lipinski definition) is 2. The van der Waals surface area contributed by atoms with E-state index in [2.05, 4.69) is 24.1 Å². The van der Waals surface area contributed by atoms with Gasteiger partial charge in [0.15, 0.2) is 0 Å². The minimum Gasteiger partial charge on any atom is -0.384 e. The monoisotopic (exact) mass is 193 g/mol. The van der Waals surface area contributed by atoms with Gasteiger partial charge in [-0.1, -0.05) is 6.92 Å². The Kier molecular flexibility index (Phi) is 4.40. The number of nitrogens with zero attached hydrogens (tertiary/aromatic N) is 1. The lowest BCUT2D eigenvalue weighted by Gasteiger charge is -2.12. The van der Waals surface area contributed by atoms with Crippen molar-refractivity contribution in [3.63, 3.8) is 0 Å². The average Bonchev–Trinajstić information content (AvgIpc) is 2.15. The highest BCUT2D eigenvalue weighted by atomic mass is 14.9. The number of hydrogen-bond acceptors (Lipinski definition) is 3. The first-order valence-corrected chi connectivity index (χ1v) is 5.16. The second-order valence-corrected chi connectivity index (χ2v) is 3.65. The molecule has 0 aromatic carbocycles. The van der Waals surface area contributed by atoms with Gasteiger partial charge in [-0.25, -0.2) is 4.98 Å².